The summed E-state index contributed by atoms with van der Waals surface area (Å²) in [6.07, 6.45) is 2.31. The molecule has 3 aromatic heterocycles. The molecule has 1 aromatic carbocycles. The molecule has 1 unspecified atom stereocenters. The number of aromatic nitrogens is 6. The van der Waals surface area contributed by atoms with Crippen LogP contribution in [0.2, 0.25) is 0 Å². The first-order chi connectivity index (χ1) is 17.4. The molecule has 11 heteroatoms. The van der Waals surface area contributed by atoms with E-state index in [9.17, 15) is 15.2 Å². The van der Waals surface area contributed by atoms with Crippen LogP contribution >= 0.6 is 0 Å². The molecule has 0 spiro atoms. The standard InChI is InChI=1S/C25H22N8O3/c26-12-16-3-1-4-17(9-16)19-10-20(30-24(27)29-19)21-14-33(32-31-21)13-18-5-2-6-22(28-18)25(11-23(34)35)7-8-36-15-25/h1-6,9-10,14H,7-8,11,13,15H2,(H,34,35)(H2,27,29,30). The van der Waals surface area contributed by atoms with Gasteiger partial charge < -0.3 is 15.6 Å². The molecule has 0 amide bonds. The zero-order valence-electron chi connectivity index (χ0n) is 19.2. The Morgan fingerprint density at radius 1 is 1.14 bits per heavy atom. The van der Waals surface area contributed by atoms with E-state index in [1.807, 2.05) is 24.3 Å². The van der Waals surface area contributed by atoms with Crippen molar-refractivity contribution in [1.29, 1.82) is 5.26 Å². The van der Waals surface area contributed by atoms with Gasteiger partial charge in [-0.3, -0.25) is 9.78 Å². The molecule has 4 heterocycles. The van der Waals surface area contributed by atoms with Crippen molar-refractivity contribution in [2.75, 3.05) is 18.9 Å². The number of aliphatic carboxylic acids is 1. The molecule has 1 fully saturated rings. The van der Waals surface area contributed by atoms with Crippen molar-refractivity contribution in [3.05, 3.63) is 71.7 Å². The first kappa shape index (κ1) is 23.1. The second-order valence-corrected chi connectivity index (χ2v) is 8.66. The van der Waals surface area contributed by atoms with Gasteiger partial charge in [0.15, 0.2) is 0 Å². The second kappa shape index (κ2) is 9.52. The Kier molecular flexibility index (Phi) is 6.10. The topological polar surface area (TPSA) is 166 Å². The predicted octanol–water partition coefficient (Wildman–Crippen LogP) is 2.43. The number of carboxylic acid groups (broad SMARTS) is 1. The number of nitrogens with two attached hydrogens (primary N) is 1. The lowest BCUT2D eigenvalue weighted by atomic mass is 9.80. The maximum absolute atomic E-state index is 11.5. The summed E-state index contributed by atoms with van der Waals surface area (Å²) in [5.74, 6) is -0.798. The van der Waals surface area contributed by atoms with Crippen LogP contribution in [0.4, 0.5) is 5.95 Å². The van der Waals surface area contributed by atoms with E-state index < -0.39 is 11.4 Å². The quantitative estimate of drug-likeness (QED) is 0.399. The minimum absolute atomic E-state index is 0.0360. The van der Waals surface area contributed by atoms with Crippen LogP contribution in [0.3, 0.4) is 0 Å². The number of benzene rings is 1. The molecule has 4 aromatic rings. The summed E-state index contributed by atoms with van der Waals surface area (Å²) in [7, 11) is 0. The Balaban J connectivity index is 1.40. The molecule has 0 bridgehead atoms. The fraction of sp³-hybridized carbons (Fsp3) is 0.240. The number of carboxylic acids is 1. The van der Waals surface area contributed by atoms with Gasteiger partial charge in [-0.05, 0) is 36.8 Å². The van der Waals surface area contributed by atoms with Gasteiger partial charge in [-0.1, -0.05) is 23.4 Å². The summed E-state index contributed by atoms with van der Waals surface area (Å²) in [6.45, 7) is 1.18. The molecule has 1 saturated heterocycles. The van der Waals surface area contributed by atoms with Crippen molar-refractivity contribution >= 4 is 11.9 Å². The van der Waals surface area contributed by atoms with Gasteiger partial charge in [-0.2, -0.15) is 5.26 Å². The lowest BCUT2D eigenvalue weighted by Gasteiger charge is -2.25. The Morgan fingerprint density at radius 3 is 2.75 bits per heavy atom. The molecule has 3 N–H and O–H groups in total. The third-order valence-corrected chi connectivity index (χ3v) is 6.10. The highest BCUT2D eigenvalue weighted by Crippen LogP contribution is 2.35. The first-order valence-electron chi connectivity index (χ1n) is 11.3. The van der Waals surface area contributed by atoms with Crippen LogP contribution in [0.25, 0.3) is 22.6 Å². The molecule has 0 radical (unpaired) electrons. The summed E-state index contributed by atoms with van der Waals surface area (Å²) in [5.41, 5.74) is 9.57. The van der Waals surface area contributed by atoms with Crippen LogP contribution in [-0.2, 0) is 21.5 Å². The molecule has 36 heavy (non-hydrogen) atoms. The van der Waals surface area contributed by atoms with Crippen molar-refractivity contribution in [3.63, 3.8) is 0 Å². The van der Waals surface area contributed by atoms with Crippen LogP contribution in [0.15, 0.2) is 54.7 Å². The van der Waals surface area contributed by atoms with Gasteiger partial charge >= 0.3 is 5.97 Å². The van der Waals surface area contributed by atoms with Crippen molar-refractivity contribution in [3.8, 4) is 28.7 Å². The van der Waals surface area contributed by atoms with Crippen molar-refractivity contribution in [2.45, 2.75) is 24.8 Å². The zero-order valence-corrected chi connectivity index (χ0v) is 19.2. The molecular formula is C25H22N8O3. The second-order valence-electron chi connectivity index (χ2n) is 8.66. The number of rotatable bonds is 7. The van der Waals surface area contributed by atoms with Gasteiger partial charge in [-0.25, -0.2) is 14.6 Å². The summed E-state index contributed by atoms with van der Waals surface area (Å²) < 4.78 is 7.15. The number of ether oxygens (including phenoxy) is 1. The van der Waals surface area contributed by atoms with E-state index in [-0.39, 0.29) is 12.4 Å². The highest BCUT2D eigenvalue weighted by Gasteiger charge is 2.40. The van der Waals surface area contributed by atoms with Crippen LogP contribution in [0, 0.1) is 11.3 Å². The maximum Gasteiger partial charge on any atom is 0.304 e. The van der Waals surface area contributed by atoms with E-state index in [4.69, 9.17) is 15.5 Å². The summed E-state index contributed by atoms with van der Waals surface area (Å²) in [6, 6.07) is 16.5. The summed E-state index contributed by atoms with van der Waals surface area (Å²) >= 11 is 0. The normalized spacial score (nSPS) is 17.1. The van der Waals surface area contributed by atoms with Gasteiger partial charge in [0.1, 0.15) is 5.69 Å². The zero-order chi connectivity index (χ0) is 25.1. The van der Waals surface area contributed by atoms with Crippen LogP contribution < -0.4 is 5.73 Å². The van der Waals surface area contributed by atoms with E-state index in [2.05, 4.69) is 26.3 Å². The van der Waals surface area contributed by atoms with Crippen LogP contribution in [-0.4, -0.2) is 54.2 Å². The number of nitriles is 1. The number of carbonyl (C=O) groups is 1. The number of anilines is 1. The molecule has 11 nitrogen and oxygen atoms in total. The lowest BCUT2D eigenvalue weighted by molar-refractivity contribution is -0.138. The van der Waals surface area contributed by atoms with Gasteiger partial charge in [0.25, 0.3) is 0 Å². The fourth-order valence-electron chi connectivity index (χ4n) is 4.34. The third-order valence-electron chi connectivity index (χ3n) is 6.10. The minimum Gasteiger partial charge on any atom is -0.481 e. The highest BCUT2D eigenvalue weighted by atomic mass is 16.5. The fourth-order valence-corrected chi connectivity index (χ4v) is 4.34. The summed E-state index contributed by atoms with van der Waals surface area (Å²) in [5, 5.41) is 27.0. The van der Waals surface area contributed by atoms with Gasteiger partial charge in [0.2, 0.25) is 5.95 Å². The molecule has 5 rings (SSSR count). The lowest BCUT2D eigenvalue weighted by Crippen LogP contribution is -2.31. The van der Waals surface area contributed by atoms with Crippen LogP contribution in [0.5, 0.6) is 0 Å². The minimum atomic E-state index is -0.878. The maximum atomic E-state index is 11.5. The van der Waals surface area contributed by atoms with Crippen molar-refractivity contribution in [2.24, 2.45) is 0 Å². The number of hydrogen-bond donors (Lipinski definition) is 2. The number of nitrogen functional groups attached to an aromatic ring is 1. The summed E-state index contributed by atoms with van der Waals surface area (Å²) in [4.78, 5) is 24.8. The van der Waals surface area contributed by atoms with Crippen LogP contribution in [0.1, 0.15) is 29.8 Å². The Labute approximate surface area is 206 Å². The van der Waals surface area contributed by atoms with E-state index in [1.54, 1.807) is 35.1 Å². The first-order valence-corrected chi connectivity index (χ1v) is 11.3. The smallest absolute Gasteiger partial charge is 0.304 e. The highest BCUT2D eigenvalue weighted by molar-refractivity contribution is 5.69. The number of hydrogen-bond acceptors (Lipinski definition) is 9. The molecule has 0 aliphatic carbocycles. The van der Waals surface area contributed by atoms with Gasteiger partial charge in [-0.15, -0.1) is 5.10 Å². The molecule has 180 valence electrons. The molecule has 1 aliphatic heterocycles. The molecule has 1 atom stereocenters. The SMILES string of the molecule is N#Cc1cccc(-c2cc(-c3cn(Cc4cccc(C5(CC(=O)O)CCOC5)n4)nn3)nc(N)n2)c1. The van der Waals surface area contributed by atoms with E-state index in [0.29, 0.717) is 54.5 Å². The van der Waals surface area contributed by atoms with Crippen molar-refractivity contribution < 1.29 is 14.6 Å². The monoisotopic (exact) mass is 482 g/mol. The number of pyridine rings is 1. The van der Waals surface area contributed by atoms with Gasteiger partial charge in [0.05, 0.1) is 54.5 Å². The third kappa shape index (κ3) is 4.75. The van der Waals surface area contributed by atoms with Gasteiger partial charge in [0, 0.05) is 23.3 Å². The largest absolute Gasteiger partial charge is 0.481 e. The molecule has 0 saturated carbocycles. The number of nitrogens with zero attached hydrogens (tertiary/aromatic N) is 7. The molecule has 1 aliphatic rings. The average Bonchev–Trinajstić information content (AvgIpc) is 3.54. The Hall–Kier alpha value is -4.69. The van der Waals surface area contributed by atoms with Crippen molar-refractivity contribution in [1.82, 2.24) is 29.9 Å². The molecular weight excluding hydrogens is 460 g/mol. The van der Waals surface area contributed by atoms with E-state index >= 15 is 0 Å². The van der Waals surface area contributed by atoms with E-state index in [0.717, 1.165) is 11.3 Å². The van der Waals surface area contributed by atoms with E-state index in [1.165, 1.54) is 0 Å². The predicted molar refractivity (Wildman–Crippen MR) is 128 cm³/mol. The Morgan fingerprint density at radius 2 is 1.97 bits per heavy atom. The Bertz CT molecular complexity index is 1470. The average molecular weight is 483 g/mol.